The van der Waals surface area contributed by atoms with Crippen molar-refractivity contribution in [1.82, 2.24) is 4.98 Å². The number of hydrogen-bond acceptors (Lipinski definition) is 3. The molecular formula is C19H19NOS. The summed E-state index contributed by atoms with van der Waals surface area (Å²) in [4.78, 5) is 4.79. The second kappa shape index (κ2) is 6.84. The Morgan fingerprint density at radius 3 is 2.59 bits per heavy atom. The third kappa shape index (κ3) is 3.09. The first-order chi connectivity index (χ1) is 10.8. The Kier molecular flexibility index (Phi) is 4.64. The molecule has 3 aromatic rings. The summed E-state index contributed by atoms with van der Waals surface area (Å²) in [5.74, 6) is 1.92. The zero-order chi connectivity index (χ0) is 15.4. The summed E-state index contributed by atoms with van der Waals surface area (Å²) in [6.07, 6.45) is 1.14. The van der Waals surface area contributed by atoms with Gasteiger partial charge in [-0.05, 0) is 41.5 Å². The van der Waals surface area contributed by atoms with E-state index >= 15 is 0 Å². The Balaban J connectivity index is 2.19. The maximum Gasteiger partial charge on any atom is 0.121 e. The maximum absolute atomic E-state index is 5.34. The van der Waals surface area contributed by atoms with Gasteiger partial charge in [0.05, 0.1) is 17.7 Å². The summed E-state index contributed by atoms with van der Waals surface area (Å²) in [5.41, 5.74) is 3.43. The van der Waals surface area contributed by atoms with E-state index in [0.29, 0.717) is 0 Å². The molecule has 3 heteroatoms. The lowest BCUT2D eigenvalue weighted by atomic mass is 10.0. The smallest absolute Gasteiger partial charge is 0.121 e. The molecule has 0 fully saturated rings. The lowest BCUT2D eigenvalue weighted by molar-refractivity contribution is 0.415. The maximum atomic E-state index is 5.34. The van der Waals surface area contributed by atoms with Crippen LogP contribution in [-0.4, -0.2) is 17.8 Å². The average molecular weight is 309 g/mol. The largest absolute Gasteiger partial charge is 0.497 e. The Morgan fingerprint density at radius 2 is 1.86 bits per heavy atom. The van der Waals surface area contributed by atoms with Crippen LogP contribution in [0.3, 0.4) is 0 Å². The fourth-order valence-electron chi connectivity index (χ4n) is 2.45. The third-order valence-electron chi connectivity index (χ3n) is 3.53. The highest BCUT2D eigenvalue weighted by Gasteiger charge is 2.09. The Morgan fingerprint density at radius 1 is 1.05 bits per heavy atom. The van der Waals surface area contributed by atoms with E-state index in [1.54, 1.807) is 18.9 Å². The lowest BCUT2D eigenvalue weighted by Crippen LogP contribution is -1.90. The fraction of sp³-hybridized carbons (Fsp3) is 0.211. The first-order valence-electron chi connectivity index (χ1n) is 7.49. The first-order valence-corrected chi connectivity index (χ1v) is 8.47. The quantitative estimate of drug-likeness (QED) is 0.588. The highest BCUT2D eigenvalue weighted by molar-refractivity contribution is 7.99. The molecule has 0 bridgehead atoms. The lowest BCUT2D eigenvalue weighted by Gasteiger charge is -2.11. The molecule has 1 aromatic heterocycles. The number of thioether (sulfide) groups is 1. The van der Waals surface area contributed by atoms with Crippen LogP contribution in [0, 0.1) is 0 Å². The standard InChI is InChI=1S/C19H19NOS/c1-3-11-22-19-13-17(14-7-5-4-6-8-14)16-10-9-15(21-2)12-18(16)20-19/h4-10,12-13H,3,11H2,1-2H3. The molecule has 0 unspecified atom stereocenters. The molecule has 0 atom stereocenters. The van der Waals surface area contributed by atoms with Gasteiger partial charge in [-0.3, -0.25) is 0 Å². The zero-order valence-electron chi connectivity index (χ0n) is 12.9. The normalized spacial score (nSPS) is 10.8. The molecule has 22 heavy (non-hydrogen) atoms. The van der Waals surface area contributed by atoms with Crippen molar-refractivity contribution in [3.63, 3.8) is 0 Å². The van der Waals surface area contributed by atoms with Gasteiger partial charge in [0.25, 0.3) is 0 Å². The van der Waals surface area contributed by atoms with E-state index in [0.717, 1.165) is 33.9 Å². The monoisotopic (exact) mass is 309 g/mol. The van der Waals surface area contributed by atoms with E-state index in [4.69, 9.17) is 9.72 Å². The van der Waals surface area contributed by atoms with Gasteiger partial charge < -0.3 is 4.74 Å². The minimum atomic E-state index is 0.844. The molecule has 0 saturated heterocycles. The highest BCUT2D eigenvalue weighted by atomic mass is 32.2. The van der Waals surface area contributed by atoms with Gasteiger partial charge in [-0.2, -0.15) is 0 Å². The van der Waals surface area contributed by atoms with Crippen molar-refractivity contribution in [3.8, 4) is 16.9 Å². The summed E-state index contributed by atoms with van der Waals surface area (Å²) in [6, 6.07) is 18.8. The van der Waals surface area contributed by atoms with Crippen LogP contribution in [0.15, 0.2) is 59.6 Å². The number of rotatable bonds is 5. The van der Waals surface area contributed by atoms with Crippen LogP contribution >= 0.6 is 11.8 Å². The van der Waals surface area contributed by atoms with Crippen molar-refractivity contribution in [2.24, 2.45) is 0 Å². The number of nitrogens with zero attached hydrogens (tertiary/aromatic N) is 1. The first kappa shape index (κ1) is 14.9. The zero-order valence-corrected chi connectivity index (χ0v) is 13.7. The van der Waals surface area contributed by atoms with Crippen LogP contribution in [0.1, 0.15) is 13.3 Å². The van der Waals surface area contributed by atoms with Crippen molar-refractivity contribution in [2.75, 3.05) is 12.9 Å². The molecule has 0 N–H and O–H groups in total. The number of hydrogen-bond donors (Lipinski definition) is 0. The van der Waals surface area contributed by atoms with Crippen LogP contribution in [0.25, 0.3) is 22.0 Å². The Labute approximate surface area is 135 Å². The van der Waals surface area contributed by atoms with Crippen molar-refractivity contribution < 1.29 is 4.74 Å². The van der Waals surface area contributed by atoms with Crippen LogP contribution in [0.4, 0.5) is 0 Å². The van der Waals surface area contributed by atoms with Gasteiger partial charge in [-0.25, -0.2) is 4.98 Å². The van der Waals surface area contributed by atoms with Crippen LogP contribution in [-0.2, 0) is 0 Å². The van der Waals surface area contributed by atoms with E-state index in [1.807, 2.05) is 18.2 Å². The summed E-state index contributed by atoms with van der Waals surface area (Å²) < 4.78 is 5.34. The SMILES string of the molecule is CCCSc1cc(-c2ccccc2)c2ccc(OC)cc2n1. The molecular weight excluding hydrogens is 290 g/mol. The van der Waals surface area contributed by atoms with Crippen molar-refractivity contribution in [1.29, 1.82) is 0 Å². The van der Waals surface area contributed by atoms with Gasteiger partial charge in [0.2, 0.25) is 0 Å². The molecule has 112 valence electrons. The van der Waals surface area contributed by atoms with E-state index in [2.05, 4.69) is 43.3 Å². The number of fused-ring (bicyclic) bond motifs is 1. The van der Waals surface area contributed by atoms with Gasteiger partial charge in [0, 0.05) is 11.5 Å². The molecule has 0 amide bonds. The topological polar surface area (TPSA) is 22.1 Å². The van der Waals surface area contributed by atoms with Crippen LogP contribution < -0.4 is 4.74 Å². The van der Waals surface area contributed by atoms with Gasteiger partial charge in [-0.1, -0.05) is 37.3 Å². The van der Waals surface area contributed by atoms with Gasteiger partial charge in [0.15, 0.2) is 0 Å². The van der Waals surface area contributed by atoms with E-state index in [9.17, 15) is 0 Å². The number of benzene rings is 2. The minimum Gasteiger partial charge on any atom is -0.497 e. The molecule has 0 aliphatic carbocycles. The van der Waals surface area contributed by atoms with Gasteiger partial charge in [0.1, 0.15) is 5.75 Å². The van der Waals surface area contributed by atoms with Crippen molar-refractivity contribution >= 4 is 22.7 Å². The van der Waals surface area contributed by atoms with E-state index < -0.39 is 0 Å². The predicted molar refractivity (Wildman–Crippen MR) is 94.7 cm³/mol. The molecule has 0 aliphatic rings. The second-order valence-corrected chi connectivity index (χ2v) is 6.22. The van der Waals surface area contributed by atoms with Crippen molar-refractivity contribution in [3.05, 3.63) is 54.6 Å². The number of methoxy groups -OCH3 is 1. The molecule has 1 heterocycles. The summed E-state index contributed by atoms with van der Waals surface area (Å²) >= 11 is 1.81. The minimum absolute atomic E-state index is 0.844. The molecule has 0 saturated carbocycles. The fourth-order valence-corrected chi connectivity index (χ4v) is 3.23. The van der Waals surface area contributed by atoms with E-state index in [1.165, 1.54) is 11.1 Å². The summed E-state index contributed by atoms with van der Waals surface area (Å²) in [6.45, 7) is 2.19. The summed E-state index contributed by atoms with van der Waals surface area (Å²) in [7, 11) is 1.69. The second-order valence-electron chi connectivity index (χ2n) is 5.11. The predicted octanol–water partition coefficient (Wildman–Crippen LogP) is 5.41. The number of aromatic nitrogens is 1. The molecule has 3 rings (SSSR count). The molecule has 0 radical (unpaired) electrons. The molecule has 0 aliphatic heterocycles. The summed E-state index contributed by atoms with van der Waals surface area (Å²) in [5, 5.41) is 2.23. The van der Waals surface area contributed by atoms with Crippen LogP contribution in [0.5, 0.6) is 5.75 Å². The van der Waals surface area contributed by atoms with Crippen molar-refractivity contribution in [2.45, 2.75) is 18.4 Å². The molecule has 2 aromatic carbocycles. The number of ether oxygens (including phenoxy) is 1. The Hall–Kier alpha value is -2.00. The van der Waals surface area contributed by atoms with Gasteiger partial charge >= 0.3 is 0 Å². The van der Waals surface area contributed by atoms with Gasteiger partial charge in [-0.15, -0.1) is 11.8 Å². The third-order valence-corrected chi connectivity index (χ3v) is 4.65. The van der Waals surface area contributed by atoms with E-state index in [-0.39, 0.29) is 0 Å². The average Bonchev–Trinajstić information content (AvgIpc) is 2.59. The number of pyridine rings is 1. The Bertz CT molecular complexity index is 771. The highest BCUT2D eigenvalue weighted by Crippen LogP contribution is 2.33. The molecule has 2 nitrogen and oxygen atoms in total. The van der Waals surface area contributed by atoms with Crippen LogP contribution in [0.2, 0.25) is 0 Å². The molecule has 0 spiro atoms.